The Morgan fingerprint density at radius 2 is 1.89 bits per heavy atom. The first-order valence-corrected chi connectivity index (χ1v) is 3.96. The highest BCUT2D eigenvalue weighted by molar-refractivity contribution is 7.45. The summed E-state index contributed by atoms with van der Waals surface area (Å²) < 4.78 is 10.3. The van der Waals surface area contributed by atoms with E-state index in [0.717, 1.165) is 0 Å². The maximum atomic E-state index is 5.15. The maximum Gasteiger partial charge on any atom is 0.270 e. The van der Waals surface area contributed by atoms with Gasteiger partial charge in [0.05, 0.1) is 13.2 Å². The lowest BCUT2D eigenvalue weighted by atomic mass is 10.8. The summed E-state index contributed by atoms with van der Waals surface area (Å²) in [5, 5.41) is 4.83. The second-order valence-corrected chi connectivity index (χ2v) is 3.15. The molecule has 0 saturated carbocycles. The molecule has 1 N–H and O–H groups in total. The second kappa shape index (κ2) is 3.44. The van der Waals surface area contributed by atoms with Gasteiger partial charge in [-0.15, -0.1) is 0 Å². The molecule has 0 spiro atoms. The van der Waals surface area contributed by atoms with Crippen molar-refractivity contribution in [3.8, 4) is 0 Å². The van der Waals surface area contributed by atoms with Crippen LogP contribution in [0.5, 0.6) is 0 Å². The van der Waals surface area contributed by atoms with Crippen LogP contribution in [0.15, 0.2) is 0 Å². The van der Waals surface area contributed by atoms with E-state index in [9.17, 15) is 0 Å². The van der Waals surface area contributed by atoms with Crippen LogP contribution in [-0.4, -0.2) is 32.3 Å². The molecule has 0 aromatic heterocycles. The van der Waals surface area contributed by atoms with E-state index in [4.69, 9.17) is 9.05 Å². The minimum absolute atomic E-state index is 0.715. The lowest BCUT2D eigenvalue weighted by Crippen LogP contribution is -2.25. The highest BCUT2D eigenvalue weighted by Crippen LogP contribution is 2.37. The van der Waals surface area contributed by atoms with Crippen molar-refractivity contribution in [3.63, 3.8) is 0 Å². The van der Waals surface area contributed by atoms with Crippen LogP contribution in [0, 0.1) is 0 Å². The average molecular weight is 150 g/mol. The molecule has 1 aliphatic heterocycles. The van der Waals surface area contributed by atoms with Crippen molar-refractivity contribution >= 4 is 8.53 Å². The van der Waals surface area contributed by atoms with Crippen molar-refractivity contribution in [2.45, 2.75) is 0 Å². The molecule has 1 fully saturated rings. The van der Waals surface area contributed by atoms with E-state index in [0.29, 0.717) is 13.2 Å². The standard InChI is InChI=1S/C4H11N2O2P/c1-6(2)5-9-7-3-4-8-9/h5H,3-4H2,1-2H3. The van der Waals surface area contributed by atoms with Crippen molar-refractivity contribution in [3.05, 3.63) is 0 Å². The summed E-state index contributed by atoms with van der Waals surface area (Å²) in [6, 6.07) is 0. The largest absolute Gasteiger partial charge is 0.319 e. The van der Waals surface area contributed by atoms with E-state index in [-0.39, 0.29) is 0 Å². The summed E-state index contributed by atoms with van der Waals surface area (Å²) in [5.41, 5.74) is 0. The third-order valence-electron chi connectivity index (χ3n) is 0.782. The van der Waals surface area contributed by atoms with Crippen LogP contribution in [0.3, 0.4) is 0 Å². The van der Waals surface area contributed by atoms with Crippen molar-refractivity contribution in [2.75, 3.05) is 27.3 Å². The third kappa shape index (κ3) is 2.56. The molecule has 54 valence electrons. The highest BCUT2D eigenvalue weighted by Gasteiger charge is 2.16. The predicted molar refractivity (Wildman–Crippen MR) is 35.6 cm³/mol. The van der Waals surface area contributed by atoms with Gasteiger partial charge in [0.1, 0.15) is 0 Å². The smallest absolute Gasteiger partial charge is 0.270 e. The van der Waals surface area contributed by atoms with Crippen LogP contribution >= 0.6 is 8.53 Å². The molecule has 0 amide bonds. The Balaban J connectivity index is 2.11. The zero-order chi connectivity index (χ0) is 6.69. The van der Waals surface area contributed by atoms with Gasteiger partial charge in [-0.25, -0.2) is 5.01 Å². The quantitative estimate of drug-likeness (QED) is 0.454. The zero-order valence-electron chi connectivity index (χ0n) is 5.63. The lowest BCUT2D eigenvalue weighted by molar-refractivity contribution is 0.321. The summed E-state index contributed by atoms with van der Waals surface area (Å²) in [6.07, 6.45) is 0. The summed E-state index contributed by atoms with van der Waals surface area (Å²) in [5.74, 6) is 0. The fraction of sp³-hybridized carbons (Fsp3) is 1.00. The minimum atomic E-state index is -0.809. The summed E-state index contributed by atoms with van der Waals surface area (Å²) in [6.45, 7) is 1.43. The Morgan fingerprint density at radius 1 is 1.33 bits per heavy atom. The van der Waals surface area contributed by atoms with Crippen LogP contribution in [0.4, 0.5) is 0 Å². The van der Waals surface area contributed by atoms with Gasteiger partial charge in [-0.2, -0.15) is 5.20 Å². The van der Waals surface area contributed by atoms with Gasteiger partial charge < -0.3 is 9.05 Å². The Morgan fingerprint density at radius 3 is 2.33 bits per heavy atom. The molecule has 4 nitrogen and oxygen atoms in total. The number of nitrogens with one attached hydrogen (secondary N) is 1. The predicted octanol–water partition coefficient (Wildman–Crippen LogP) is 0.326. The molecule has 1 rings (SSSR count). The SMILES string of the molecule is CN(C)NP1OCCO1. The molecular weight excluding hydrogens is 139 g/mol. The lowest BCUT2D eigenvalue weighted by Gasteiger charge is -2.14. The number of rotatable bonds is 2. The van der Waals surface area contributed by atoms with Gasteiger partial charge in [0, 0.05) is 14.1 Å². The van der Waals surface area contributed by atoms with E-state index >= 15 is 0 Å². The first-order valence-electron chi connectivity index (χ1n) is 2.78. The van der Waals surface area contributed by atoms with Crippen molar-refractivity contribution in [2.24, 2.45) is 0 Å². The van der Waals surface area contributed by atoms with E-state index in [2.05, 4.69) is 5.20 Å². The van der Waals surface area contributed by atoms with Gasteiger partial charge in [0.25, 0.3) is 8.53 Å². The first-order chi connectivity index (χ1) is 4.29. The fourth-order valence-corrected chi connectivity index (χ4v) is 1.50. The number of hydrogen-bond donors (Lipinski definition) is 1. The van der Waals surface area contributed by atoms with E-state index in [1.54, 1.807) is 0 Å². The Labute approximate surface area is 56.1 Å². The Kier molecular flexibility index (Phi) is 2.82. The minimum Gasteiger partial charge on any atom is -0.319 e. The monoisotopic (exact) mass is 150 g/mol. The van der Waals surface area contributed by atoms with Gasteiger partial charge in [-0.05, 0) is 0 Å². The van der Waals surface area contributed by atoms with E-state index in [1.807, 2.05) is 19.1 Å². The van der Waals surface area contributed by atoms with Gasteiger partial charge in [0.15, 0.2) is 0 Å². The number of hydrazine groups is 1. The Bertz CT molecular complexity index is 84.6. The topological polar surface area (TPSA) is 33.7 Å². The van der Waals surface area contributed by atoms with Crippen LogP contribution in [0.2, 0.25) is 0 Å². The van der Waals surface area contributed by atoms with Gasteiger partial charge in [0.2, 0.25) is 0 Å². The molecule has 0 aromatic rings. The van der Waals surface area contributed by atoms with E-state index in [1.165, 1.54) is 0 Å². The molecule has 0 radical (unpaired) electrons. The van der Waals surface area contributed by atoms with Crippen LogP contribution in [0.25, 0.3) is 0 Å². The molecule has 0 unspecified atom stereocenters. The highest BCUT2D eigenvalue weighted by atomic mass is 31.2. The molecule has 1 saturated heterocycles. The maximum absolute atomic E-state index is 5.15. The molecule has 5 heteroatoms. The summed E-state index contributed by atoms with van der Waals surface area (Å²) >= 11 is 0. The molecular formula is C4H11N2O2P. The normalized spacial score (nSPS) is 21.7. The second-order valence-electron chi connectivity index (χ2n) is 1.92. The van der Waals surface area contributed by atoms with Gasteiger partial charge in [-0.1, -0.05) is 0 Å². The Hall–Kier alpha value is 0.270. The summed E-state index contributed by atoms with van der Waals surface area (Å²) in [4.78, 5) is 0. The van der Waals surface area contributed by atoms with Gasteiger partial charge >= 0.3 is 0 Å². The molecule has 0 bridgehead atoms. The molecule has 9 heavy (non-hydrogen) atoms. The molecule has 0 aliphatic carbocycles. The number of hydrogen-bond acceptors (Lipinski definition) is 4. The molecule has 1 heterocycles. The zero-order valence-corrected chi connectivity index (χ0v) is 6.52. The van der Waals surface area contributed by atoms with Gasteiger partial charge in [-0.3, -0.25) is 0 Å². The van der Waals surface area contributed by atoms with Crippen LogP contribution in [0.1, 0.15) is 0 Å². The van der Waals surface area contributed by atoms with Crippen LogP contribution < -0.4 is 5.20 Å². The molecule has 0 aromatic carbocycles. The molecule has 0 atom stereocenters. The first kappa shape index (κ1) is 7.38. The van der Waals surface area contributed by atoms with Crippen molar-refractivity contribution < 1.29 is 9.05 Å². The fourth-order valence-electron chi connectivity index (χ4n) is 0.499. The summed E-state index contributed by atoms with van der Waals surface area (Å²) in [7, 11) is 3.01. The van der Waals surface area contributed by atoms with E-state index < -0.39 is 8.53 Å². The van der Waals surface area contributed by atoms with Crippen molar-refractivity contribution in [1.29, 1.82) is 0 Å². The molecule has 1 aliphatic rings. The van der Waals surface area contributed by atoms with Crippen molar-refractivity contribution in [1.82, 2.24) is 10.2 Å². The third-order valence-corrected chi connectivity index (χ3v) is 2.18. The average Bonchev–Trinajstić information content (AvgIpc) is 2.15. The van der Waals surface area contributed by atoms with Crippen LogP contribution in [-0.2, 0) is 9.05 Å². The number of nitrogens with zero attached hydrogens (tertiary/aromatic N) is 1.